The lowest BCUT2D eigenvalue weighted by Gasteiger charge is -2.19. The van der Waals surface area contributed by atoms with E-state index >= 15 is 0 Å². The number of nitrogens with zero attached hydrogens (tertiary/aromatic N) is 4. The van der Waals surface area contributed by atoms with E-state index in [0.29, 0.717) is 0 Å². The maximum Gasteiger partial charge on any atom is 0.266 e. The van der Waals surface area contributed by atoms with E-state index < -0.39 is 0 Å². The number of pyridine rings is 1. The van der Waals surface area contributed by atoms with Gasteiger partial charge >= 0.3 is 0 Å². The first-order valence-corrected chi connectivity index (χ1v) is 14.4. The topological polar surface area (TPSA) is 23.4 Å². The van der Waals surface area contributed by atoms with Crippen LogP contribution < -0.4 is 9.13 Å². The number of hydrogen-bond acceptors (Lipinski definition) is 3. The van der Waals surface area contributed by atoms with Gasteiger partial charge in [-0.15, -0.1) is 0 Å². The number of fused-ring (bicyclic) bond motifs is 2. The number of allylic oxidation sites excluding steroid dienone is 4. The van der Waals surface area contributed by atoms with Crippen molar-refractivity contribution in [3.8, 4) is 0 Å². The van der Waals surface area contributed by atoms with Gasteiger partial charge in [0, 0.05) is 48.5 Å². The molecule has 0 N–H and O–H groups in total. The van der Waals surface area contributed by atoms with Crippen LogP contribution in [0, 0.1) is 6.08 Å². The fourth-order valence-electron chi connectivity index (χ4n) is 5.41. The molecular weight excluding hydrogens is 484 g/mol. The zero-order chi connectivity index (χ0) is 25.6. The molecule has 2 aromatic carbocycles. The third kappa shape index (κ3) is 5.35. The number of thiazole rings is 1. The average molecular weight is 518 g/mol. The van der Waals surface area contributed by atoms with Crippen molar-refractivity contribution in [1.82, 2.24) is 4.90 Å². The number of aliphatic imine (C=N–C) groups is 1. The summed E-state index contributed by atoms with van der Waals surface area (Å²) >= 11 is 1.94. The van der Waals surface area contributed by atoms with Crippen LogP contribution in [0.5, 0.6) is 0 Å². The van der Waals surface area contributed by atoms with Gasteiger partial charge in [0.15, 0.2) is 31.6 Å². The molecule has 0 bridgehead atoms. The van der Waals surface area contributed by atoms with Crippen LogP contribution in [0.3, 0.4) is 0 Å². The summed E-state index contributed by atoms with van der Waals surface area (Å²) in [5.74, 6) is 0. The van der Waals surface area contributed by atoms with E-state index in [0.717, 1.165) is 57.5 Å². The van der Waals surface area contributed by atoms with E-state index in [1.165, 1.54) is 31.9 Å². The second kappa shape index (κ2) is 11.6. The second-order valence-electron chi connectivity index (χ2n) is 9.78. The average Bonchev–Trinajstić information content (AvgIpc) is 3.34. The summed E-state index contributed by atoms with van der Waals surface area (Å²) in [6.07, 6.45) is 20.0. The first kappa shape index (κ1) is 24.4. The molecule has 0 radical (unpaired) electrons. The number of hydrogen-bond donors (Lipinski definition) is 0. The Hall–Kier alpha value is -3.92. The van der Waals surface area contributed by atoms with Gasteiger partial charge in [0.05, 0.1) is 18.2 Å². The van der Waals surface area contributed by atoms with Crippen molar-refractivity contribution in [3.05, 3.63) is 114 Å². The first-order chi connectivity index (χ1) is 18.9. The Morgan fingerprint density at radius 1 is 0.947 bits per heavy atom. The molecule has 5 heteroatoms. The van der Waals surface area contributed by atoms with Gasteiger partial charge in [-0.25, -0.2) is 4.57 Å². The minimum atomic E-state index is 0.876. The highest BCUT2D eigenvalue weighted by Crippen LogP contribution is 2.40. The van der Waals surface area contributed by atoms with Crippen LogP contribution in [0.4, 0.5) is 5.69 Å². The summed E-state index contributed by atoms with van der Waals surface area (Å²) < 4.78 is 6.21. The minimum Gasteiger partial charge on any atom is -0.333 e. The predicted octanol–water partition coefficient (Wildman–Crippen LogP) is 6.55. The molecule has 4 heterocycles. The van der Waals surface area contributed by atoms with Gasteiger partial charge in [0.25, 0.3) is 5.01 Å². The molecule has 0 amide bonds. The SMILES string of the molecule is [C+]1=CN(CCC/C(=C2/CC=Nc3ccccc32)c2sc3ccccc3[n+]2CCC[n+]2ccccc2)CC=C1. The van der Waals surface area contributed by atoms with Crippen LogP contribution in [-0.2, 0) is 13.1 Å². The zero-order valence-corrected chi connectivity index (χ0v) is 22.5. The maximum atomic E-state index is 4.73. The highest BCUT2D eigenvalue weighted by Gasteiger charge is 2.28. The van der Waals surface area contributed by atoms with Crippen molar-refractivity contribution >= 4 is 44.6 Å². The van der Waals surface area contributed by atoms with Gasteiger partial charge in [0.2, 0.25) is 5.52 Å². The summed E-state index contributed by atoms with van der Waals surface area (Å²) in [7, 11) is 0. The Balaban J connectivity index is 1.38. The molecule has 188 valence electrons. The summed E-state index contributed by atoms with van der Waals surface area (Å²) in [5, 5.41) is 1.39. The molecule has 0 aliphatic carbocycles. The van der Waals surface area contributed by atoms with Crippen LogP contribution >= 0.6 is 11.3 Å². The lowest BCUT2D eigenvalue weighted by Crippen LogP contribution is -2.40. The van der Waals surface area contributed by atoms with E-state index in [1.807, 2.05) is 17.4 Å². The molecule has 0 saturated carbocycles. The van der Waals surface area contributed by atoms with Crippen LogP contribution in [0.1, 0.15) is 36.3 Å². The van der Waals surface area contributed by atoms with Crippen molar-refractivity contribution in [2.75, 3.05) is 13.1 Å². The van der Waals surface area contributed by atoms with Gasteiger partial charge in [-0.3, -0.25) is 4.99 Å². The standard InChI is InChI=1S/C33H33N4S/c1-7-20-35(21-8-1)24-11-14-29(27-18-19-34-30-15-4-3-13-28(27)30)33-37(31-16-5-6-17-32(31)38-33)26-12-25-36-22-9-2-10-23-36/h1-7,9-10,13,15-17,19,21-23H,11-12,14,18,20,24-26H2/q+3. The molecular formula is C33H33N4S+3. The van der Waals surface area contributed by atoms with Crippen LogP contribution in [0.15, 0.2) is 102 Å². The smallest absolute Gasteiger partial charge is 0.266 e. The Labute approximate surface area is 229 Å². The third-order valence-corrected chi connectivity index (χ3v) is 8.47. The molecule has 2 aliphatic heterocycles. The summed E-state index contributed by atoms with van der Waals surface area (Å²) in [5.41, 5.74) is 6.59. The molecule has 0 atom stereocenters. The quantitative estimate of drug-likeness (QED) is 0.182. The van der Waals surface area contributed by atoms with E-state index in [4.69, 9.17) is 4.99 Å². The summed E-state index contributed by atoms with van der Waals surface area (Å²) in [6, 6.07) is 23.8. The maximum absolute atomic E-state index is 4.73. The zero-order valence-electron chi connectivity index (χ0n) is 21.7. The number of benzene rings is 2. The third-order valence-electron chi connectivity index (χ3n) is 7.24. The van der Waals surface area contributed by atoms with Crippen molar-refractivity contribution in [1.29, 1.82) is 0 Å². The minimum absolute atomic E-state index is 0.876. The largest absolute Gasteiger partial charge is 0.333 e. The number of rotatable bonds is 9. The molecule has 4 aromatic rings. The van der Waals surface area contributed by atoms with E-state index in [-0.39, 0.29) is 0 Å². The molecule has 2 aliphatic rings. The van der Waals surface area contributed by atoms with Crippen LogP contribution in [0.25, 0.3) is 21.4 Å². The molecule has 6 rings (SSSR count). The Kier molecular flexibility index (Phi) is 7.48. The first-order valence-electron chi connectivity index (χ1n) is 13.5. The van der Waals surface area contributed by atoms with Crippen molar-refractivity contribution in [2.24, 2.45) is 4.99 Å². The Morgan fingerprint density at radius 2 is 1.82 bits per heavy atom. The van der Waals surface area contributed by atoms with E-state index in [2.05, 4.69) is 118 Å². The molecule has 4 nitrogen and oxygen atoms in total. The van der Waals surface area contributed by atoms with E-state index in [9.17, 15) is 0 Å². The lowest BCUT2D eigenvalue weighted by atomic mass is 9.92. The number of aromatic nitrogens is 2. The molecule has 0 saturated heterocycles. The lowest BCUT2D eigenvalue weighted by molar-refractivity contribution is -0.716. The number of para-hydroxylation sites is 2. The summed E-state index contributed by atoms with van der Waals surface area (Å²) in [6.45, 7) is 3.99. The highest BCUT2D eigenvalue weighted by molar-refractivity contribution is 7.19. The van der Waals surface area contributed by atoms with Gasteiger partial charge in [0.1, 0.15) is 23.5 Å². The molecule has 0 fully saturated rings. The van der Waals surface area contributed by atoms with E-state index in [1.54, 1.807) is 0 Å². The monoisotopic (exact) mass is 517 g/mol. The van der Waals surface area contributed by atoms with Crippen molar-refractivity contribution < 1.29 is 9.13 Å². The van der Waals surface area contributed by atoms with Crippen molar-refractivity contribution in [2.45, 2.75) is 38.8 Å². The fourth-order valence-corrected chi connectivity index (χ4v) is 6.69. The Bertz CT molecular complexity index is 1530. The second-order valence-corrected chi connectivity index (χ2v) is 10.8. The Morgan fingerprint density at radius 3 is 2.71 bits per heavy atom. The van der Waals surface area contributed by atoms with Crippen LogP contribution in [-0.4, -0.2) is 24.2 Å². The predicted molar refractivity (Wildman–Crippen MR) is 157 cm³/mol. The summed E-state index contributed by atoms with van der Waals surface area (Å²) in [4.78, 5) is 7.08. The molecule has 38 heavy (non-hydrogen) atoms. The highest BCUT2D eigenvalue weighted by atomic mass is 32.1. The van der Waals surface area contributed by atoms with Crippen LogP contribution in [0.2, 0.25) is 0 Å². The van der Waals surface area contributed by atoms with Crippen molar-refractivity contribution in [3.63, 3.8) is 0 Å². The molecule has 2 aromatic heterocycles. The van der Waals surface area contributed by atoms with Gasteiger partial charge in [-0.1, -0.05) is 47.7 Å². The normalized spacial score (nSPS) is 15.5. The molecule has 0 unspecified atom stereocenters. The van der Waals surface area contributed by atoms with Gasteiger partial charge in [-0.05, 0) is 30.5 Å². The number of aryl methyl sites for hydroxylation is 2. The molecule has 0 spiro atoms. The fraction of sp³-hybridized carbons (Fsp3) is 0.242. The van der Waals surface area contributed by atoms with Gasteiger partial charge < -0.3 is 4.90 Å². The van der Waals surface area contributed by atoms with Gasteiger partial charge in [-0.2, -0.15) is 4.57 Å².